The van der Waals surface area contributed by atoms with Crippen LogP contribution >= 0.6 is 0 Å². The highest BCUT2D eigenvalue weighted by molar-refractivity contribution is 6.07. The Morgan fingerprint density at radius 3 is 2.43 bits per heavy atom. The van der Waals surface area contributed by atoms with E-state index >= 15 is 0 Å². The first-order valence-corrected chi connectivity index (χ1v) is 8.77. The largest absolute Gasteiger partial charge is 0.362 e. The third kappa shape index (κ3) is 4.91. The molecule has 2 N–H and O–H groups in total. The van der Waals surface area contributed by atoms with E-state index in [-0.39, 0.29) is 11.7 Å². The Labute approximate surface area is 162 Å². The Balaban J connectivity index is 1.59. The lowest BCUT2D eigenvalue weighted by molar-refractivity contribution is 0.104. The second-order valence-electron chi connectivity index (χ2n) is 6.41. The third-order valence-corrected chi connectivity index (χ3v) is 4.01. The summed E-state index contributed by atoms with van der Waals surface area (Å²) in [6, 6.07) is 9.84. The molecule has 3 aromatic rings. The Kier molecular flexibility index (Phi) is 5.96. The highest BCUT2D eigenvalue weighted by atomic mass is 16.5. The van der Waals surface area contributed by atoms with Gasteiger partial charge < -0.3 is 9.84 Å². The highest BCUT2D eigenvalue weighted by Crippen LogP contribution is 2.22. The second-order valence-corrected chi connectivity index (χ2v) is 6.41. The van der Waals surface area contributed by atoms with Crippen molar-refractivity contribution in [3.05, 3.63) is 77.8 Å². The number of carbonyl (C=O) groups is 2. The minimum atomic E-state index is -0.438. The lowest BCUT2D eigenvalue weighted by Crippen LogP contribution is -2.20. The van der Waals surface area contributed by atoms with Crippen molar-refractivity contribution < 1.29 is 14.1 Å². The Morgan fingerprint density at radius 2 is 1.75 bits per heavy atom. The smallest absolute Gasteiger partial charge is 0.324 e. The maximum Gasteiger partial charge on any atom is 0.324 e. The van der Waals surface area contributed by atoms with Crippen LogP contribution in [0.5, 0.6) is 0 Å². The average Bonchev–Trinajstić information content (AvgIpc) is 3.16. The summed E-state index contributed by atoms with van der Waals surface area (Å²) in [5.74, 6) is 0.435. The molecular formula is C21H20N4O3. The number of amides is 2. The fourth-order valence-electron chi connectivity index (χ4n) is 2.48. The van der Waals surface area contributed by atoms with Crippen molar-refractivity contribution in [2.24, 2.45) is 0 Å². The molecule has 3 rings (SSSR count). The Hall–Kier alpha value is -3.74. The number of hydrogen-bond donors (Lipinski definition) is 2. The van der Waals surface area contributed by atoms with Crippen molar-refractivity contribution in [3.8, 4) is 0 Å². The van der Waals surface area contributed by atoms with E-state index in [1.54, 1.807) is 42.7 Å². The number of urea groups is 1. The number of carbonyl (C=O) groups excluding carboxylic acids is 2. The summed E-state index contributed by atoms with van der Waals surface area (Å²) < 4.78 is 4.92. The van der Waals surface area contributed by atoms with Gasteiger partial charge in [0.2, 0.25) is 0 Å². The molecule has 0 saturated carbocycles. The molecule has 0 unspecified atom stereocenters. The van der Waals surface area contributed by atoms with Gasteiger partial charge in [-0.3, -0.25) is 15.1 Å². The van der Waals surface area contributed by atoms with E-state index in [1.165, 1.54) is 12.3 Å². The van der Waals surface area contributed by atoms with E-state index in [4.69, 9.17) is 4.52 Å². The quantitative estimate of drug-likeness (QED) is 0.479. The van der Waals surface area contributed by atoms with Crippen LogP contribution in [0.2, 0.25) is 0 Å². The first-order valence-electron chi connectivity index (χ1n) is 8.77. The third-order valence-electron chi connectivity index (χ3n) is 4.01. The summed E-state index contributed by atoms with van der Waals surface area (Å²) >= 11 is 0. The molecule has 0 atom stereocenters. The van der Waals surface area contributed by atoms with E-state index < -0.39 is 6.03 Å². The van der Waals surface area contributed by atoms with Gasteiger partial charge in [-0.1, -0.05) is 25.1 Å². The van der Waals surface area contributed by atoms with Crippen LogP contribution in [-0.4, -0.2) is 22.0 Å². The summed E-state index contributed by atoms with van der Waals surface area (Å²) in [4.78, 5) is 28.3. The maximum absolute atomic E-state index is 12.2. The molecule has 7 heteroatoms. The molecule has 2 heterocycles. The molecule has 0 fully saturated rings. The van der Waals surface area contributed by atoms with E-state index in [1.807, 2.05) is 26.0 Å². The van der Waals surface area contributed by atoms with Crippen LogP contribution in [0.1, 0.15) is 41.3 Å². The molecule has 2 amide bonds. The van der Waals surface area contributed by atoms with Gasteiger partial charge in [-0.25, -0.2) is 4.79 Å². The molecule has 2 aromatic heterocycles. The zero-order chi connectivity index (χ0) is 19.9. The number of benzene rings is 1. The summed E-state index contributed by atoms with van der Waals surface area (Å²) in [6.45, 7) is 3.96. The molecule has 142 valence electrons. The van der Waals surface area contributed by atoms with E-state index in [0.29, 0.717) is 17.1 Å². The monoisotopic (exact) mass is 376 g/mol. The lowest BCUT2D eigenvalue weighted by Gasteiger charge is -2.08. The van der Waals surface area contributed by atoms with Crippen molar-refractivity contribution in [2.75, 3.05) is 10.6 Å². The number of anilines is 2. The normalized spacial score (nSPS) is 11.0. The average molecular weight is 376 g/mol. The number of allylic oxidation sites excluding steroid dienone is 1. The van der Waals surface area contributed by atoms with Crippen molar-refractivity contribution in [3.63, 3.8) is 0 Å². The molecule has 7 nitrogen and oxygen atoms in total. The first kappa shape index (κ1) is 19.0. The predicted octanol–water partition coefficient (Wildman–Crippen LogP) is 4.73. The van der Waals surface area contributed by atoms with E-state index in [9.17, 15) is 9.59 Å². The number of aromatic nitrogens is 2. The minimum absolute atomic E-state index is 0.128. The summed E-state index contributed by atoms with van der Waals surface area (Å²) in [7, 11) is 0. The van der Waals surface area contributed by atoms with E-state index in [0.717, 1.165) is 11.1 Å². The SMILES string of the molecule is CC(C)c1conc1NC(=O)Nc1ccc(C(=O)/C=C/c2ccncc2)cc1. The summed E-state index contributed by atoms with van der Waals surface area (Å²) in [6.07, 6.45) is 8.08. The summed E-state index contributed by atoms with van der Waals surface area (Å²) in [5, 5.41) is 9.16. The van der Waals surface area contributed by atoms with Crippen molar-refractivity contribution in [2.45, 2.75) is 19.8 Å². The second kappa shape index (κ2) is 8.77. The first-order chi connectivity index (χ1) is 13.5. The molecule has 0 bridgehead atoms. The summed E-state index contributed by atoms with van der Waals surface area (Å²) in [5.41, 5.74) is 2.79. The zero-order valence-electron chi connectivity index (χ0n) is 15.5. The molecule has 1 aromatic carbocycles. The van der Waals surface area contributed by atoms with Gasteiger partial charge in [-0.2, -0.15) is 0 Å². The van der Waals surface area contributed by atoms with Crippen molar-refractivity contribution in [1.29, 1.82) is 0 Å². The van der Waals surface area contributed by atoms with Gasteiger partial charge in [-0.05, 0) is 54.0 Å². The molecule has 0 aliphatic heterocycles. The van der Waals surface area contributed by atoms with Gasteiger partial charge in [0.15, 0.2) is 11.6 Å². The van der Waals surface area contributed by atoms with Crippen LogP contribution in [0.25, 0.3) is 6.08 Å². The van der Waals surface area contributed by atoms with Crippen LogP contribution in [-0.2, 0) is 0 Å². The van der Waals surface area contributed by atoms with Gasteiger partial charge in [0.25, 0.3) is 0 Å². The molecule has 0 aliphatic carbocycles. The van der Waals surface area contributed by atoms with Crippen LogP contribution in [0.4, 0.5) is 16.3 Å². The number of rotatable bonds is 6. The molecule has 0 aliphatic rings. The van der Waals surface area contributed by atoms with Gasteiger partial charge in [0.1, 0.15) is 6.26 Å². The van der Waals surface area contributed by atoms with Gasteiger partial charge >= 0.3 is 6.03 Å². The van der Waals surface area contributed by atoms with Gasteiger partial charge in [-0.15, -0.1) is 0 Å². The van der Waals surface area contributed by atoms with Crippen molar-refractivity contribution in [1.82, 2.24) is 10.1 Å². The standard InChI is InChI=1S/C21H20N4O3/c1-14(2)18-13-28-25-20(18)24-21(27)23-17-6-4-16(5-7-17)19(26)8-3-15-9-11-22-12-10-15/h3-14H,1-2H3,(H2,23,24,25,27)/b8-3+. The molecule has 0 saturated heterocycles. The minimum Gasteiger partial charge on any atom is -0.362 e. The fourth-order valence-corrected chi connectivity index (χ4v) is 2.48. The van der Waals surface area contributed by atoms with Crippen LogP contribution < -0.4 is 10.6 Å². The highest BCUT2D eigenvalue weighted by Gasteiger charge is 2.14. The molecule has 0 spiro atoms. The number of nitrogens with one attached hydrogen (secondary N) is 2. The maximum atomic E-state index is 12.2. The fraction of sp³-hybridized carbons (Fsp3) is 0.143. The van der Waals surface area contributed by atoms with Crippen molar-refractivity contribution >= 4 is 29.4 Å². The lowest BCUT2D eigenvalue weighted by atomic mass is 10.1. The zero-order valence-corrected chi connectivity index (χ0v) is 15.5. The van der Waals surface area contributed by atoms with Crippen LogP contribution in [0.15, 0.2) is 65.7 Å². The predicted molar refractivity (Wildman–Crippen MR) is 107 cm³/mol. The molecular weight excluding hydrogens is 356 g/mol. The Bertz CT molecular complexity index is 976. The molecule has 0 radical (unpaired) electrons. The number of nitrogens with zero attached hydrogens (tertiary/aromatic N) is 2. The number of pyridine rings is 1. The Morgan fingerprint density at radius 1 is 1.04 bits per heavy atom. The van der Waals surface area contributed by atoms with Crippen LogP contribution in [0.3, 0.4) is 0 Å². The van der Waals surface area contributed by atoms with Crippen LogP contribution in [0, 0.1) is 0 Å². The number of hydrogen-bond acceptors (Lipinski definition) is 5. The van der Waals surface area contributed by atoms with Gasteiger partial charge in [0.05, 0.1) is 0 Å². The number of ketones is 1. The van der Waals surface area contributed by atoms with E-state index in [2.05, 4.69) is 20.8 Å². The molecule has 28 heavy (non-hydrogen) atoms. The van der Waals surface area contributed by atoms with Gasteiger partial charge in [0, 0.05) is 29.2 Å². The topological polar surface area (TPSA) is 97.1 Å².